The van der Waals surface area contributed by atoms with E-state index in [-0.39, 0.29) is 66.2 Å². The molecule has 0 bridgehead atoms. The number of carboxylic acids is 1. The third kappa shape index (κ3) is 7.93. The van der Waals surface area contributed by atoms with Gasteiger partial charge in [0.05, 0.1) is 35.0 Å². The van der Waals surface area contributed by atoms with Crippen molar-refractivity contribution in [1.29, 1.82) is 0 Å². The van der Waals surface area contributed by atoms with Gasteiger partial charge in [-0.1, -0.05) is 24.3 Å². The molecule has 3 aromatic heterocycles. The summed E-state index contributed by atoms with van der Waals surface area (Å²) < 4.78 is 10.9. The van der Waals surface area contributed by atoms with Crippen molar-refractivity contribution in [2.45, 2.75) is 51.5 Å². The maximum Gasteiger partial charge on any atom is 0.335 e. The second-order valence-electron chi connectivity index (χ2n) is 15.1. The predicted octanol–water partition coefficient (Wildman–Crippen LogP) is 7.01. The van der Waals surface area contributed by atoms with Gasteiger partial charge in [0, 0.05) is 75.3 Å². The van der Waals surface area contributed by atoms with Crippen LogP contribution in [0.25, 0.3) is 22.0 Å². The molecule has 0 spiro atoms. The maximum atomic E-state index is 13.5. The molecule has 1 fully saturated rings. The minimum absolute atomic E-state index is 0.00276. The van der Waals surface area contributed by atoms with Crippen molar-refractivity contribution in [1.82, 2.24) is 23.6 Å². The fourth-order valence-corrected chi connectivity index (χ4v) is 7.79. The van der Waals surface area contributed by atoms with Gasteiger partial charge in [0.25, 0.3) is 11.8 Å². The molecule has 0 saturated carbocycles. The number of piperidine rings is 1. The maximum absolute atomic E-state index is 13.5. The monoisotopic (exact) mass is 793 g/mol. The number of aromatic nitrogens is 4. The lowest BCUT2D eigenvalue weighted by Crippen LogP contribution is -2.43. The summed E-state index contributed by atoms with van der Waals surface area (Å²) in [6.45, 7) is 2.92. The summed E-state index contributed by atoms with van der Waals surface area (Å²) in [6, 6.07) is 19.3. The Labute approximate surface area is 339 Å². The number of imidazole rings is 1. The van der Waals surface area contributed by atoms with Crippen molar-refractivity contribution in [3.8, 4) is 16.9 Å². The number of Topliss-reactive ketones (excluding diaryl/α,β-unsaturated/α-hetero) is 1. The zero-order valence-electron chi connectivity index (χ0n) is 33.0. The lowest BCUT2D eigenvalue weighted by Gasteiger charge is -2.32. The van der Waals surface area contributed by atoms with Gasteiger partial charge >= 0.3 is 5.97 Å². The molecule has 14 heteroatoms. The van der Waals surface area contributed by atoms with Crippen molar-refractivity contribution >= 4 is 58.1 Å². The molecule has 300 valence electrons. The van der Waals surface area contributed by atoms with Crippen LogP contribution in [0.2, 0.25) is 0 Å². The summed E-state index contributed by atoms with van der Waals surface area (Å²) in [5.74, 6) is -0.629. The Kier molecular flexibility index (Phi) is 10.5. The normalized spacial score (nSPS) is 14.8. The van der Waals surface area contributed by atoms with Gasteiger partial charge in [-0.3, -0.25) is 28.7 Å². The van der Waals surface area contributed by atoms with E-state index in [0.717, 1.165) is 48.1 Å². The first-order chi connectivity index (χ1) is 28.4. The molecular weight excluding hydrogens is 751 g/mol. The van der Waals surface area contributed by atoms with Gasteiger partial charge in [-0.05, 0) is 85.7 Å². The number of anilines is 1. The zero-order chi connectivity index (χ0) is 41.4. The van der Waals surface area contributed by atoms with E-state index in [9.17, 15) is 29.1 Å². The highest BCUT2D eigenvalue weighted by Gasteiger charge is 2.30. The SMILES string of the molecule is Cc1cc2c(cc1OCCCC(=O)Nc1cn(C)c(C(=O)Cc3ccc(-c4cc(C(=O)n5ccc6cc(C(=O)O)ccc65)n(C)c4)cc3)n1)N=C[C@@H]1CCCCN1C2=O. The van der Waals surface area contributed by atoms with Crippen LogP contribution in [-0.4, -0.2) is 83.6 Å². The molecule has 1 saturated heterocycles. The second kappa shape index (κ2) is 16.0. The number of fused-ring (bicyclic) bond motifs is 3. The van der Waals surface area contributed by atoms with Crippen LogP contribution in [0.1, 0.15) is 85.1 Å². The number of carbonyl (C=O) groups excluding carboxylic acids is 4. The number of nitrogens with one attached hydrogen (secondary N) is 1. The first-order valence-corrected chi connectivity index (χ1v) is 19.6. The molecule has 0 aliphatic carbocycles. The molecule has 14 nitrogen and oxygen atoms in total. The van der Waals surface area contributed by atoms with Crippen molar-refractivity contribution in [3.63, 3.8) is 0 Å². The summed E-state index contributed by atoms with van der Waals surface area (Å²) in [4.78, 5) is 75.2. The molecule has 3 aromatic carbocycles. The molecule has 59 heavy (non-hydrogen) atoms. The fraction of sp³-hybridized carbons (Fsp3) is 0.267. The van der Waals surface area contributed by atoms with E-state index in [1.807, 2.05) is 54.6 Å². The highest BCUT2D eigenvalue weighted by Crippen LogP contribution is 2.34. The average Bonchev–Trinajstić information content (AvgIpc) is 3.92. The number of amides is 2. The van der Waals surface area contributed by atoms with Crippen molar-refractivity contribution in [3.05, 3.63) is 119 Å². The Morgan fingerprint density at radius 2 is 1.75 bits per heavy atom. The van der Waals surface area contributed by atoms with Crippen LogP contribution in [0.3, 0.4) is 0 Å². The van der Waals surface area contributed by atoms with Crippen molar-refractivity contribution < 1.29 is 33.8 Å². The number of ketones is 1. The number of nitrogens with zero attached hydrogens (tertiary/aromatic N) is 6. The van der Waals surface area contributed by atoms with Gasteiger partial charge in [0.1, 0.15) is 11.4 Å². The Bertz CT molecular complexity index is 2680. The van der Waals surface area contributed by atoms with E-state index >= 15 is 0 Å². The Morgan fingerprint density at radius 1 is 0.932 bits per heavy atom. The van der Waals surface area contributed by atoms with Crippen LogP contribution in [-0.2, 0) is 25.3 Å². The summed E-state index contributed by atoms with van der Waals surface area (Å²) in [7, 11) is 3.50. The lowest BCUT2D eigenvalue weighted by molar-refractivity contribution is -0.116. The van der Waals surface area contributed by atoms with Gasteiger partial charge < -0.3 is 29.2 Å². The highest BCUT2D eigenvalue weighted by molar-refractivity contribution is 6.04. The average molecular weight is 794 g/mol. The number of benzene rings is 3. The number of aliphatic imine (C=N–C) groups is 1. The number of carbonyl (C=O) groups is 5. The van der Waals surface area contributed by atoms with Crippen LogP contribution in [0.5, 0.6) is 5.75 Å². The summed E-state index contributed by atoms with van der Waals surface area (Å²) in [6.07, 6.45) is 10.7. The standard InChI is InChI=1S/C45H43N7O7/c1-27-19-34-35(46-24-33-7-4-5-16-51(33)43(34)55)23-39(27)59-18-6-8-41(54)47-40-26-50(3)42(48-40)38(53)20-28-9-11-29(12-10-28)32-22-37(49(2)25-32)44(56)52-17-15-30-21-31(45(57)58)13-14-36(30)52/h9-15,17,19,21-26,33H,4-8,16,18,20H2,1-3H3,(H,47,54)(H,57,58)/t33-/m0/s1. The third-order valence-corrected chi connectivity index (χ3v) is 11.0. The molecular formula is C45H43N7O7. The van der Waals surface area contributed by atoms with Crippen LogP contribution in [0.4, 0.5) is 11.5 Å². The quantitative estimate of drug-likeness (QED) is 0.0985. The van der Waals surface area contributed by atoms with Crippen LogP contribution in [0.15, 0.2) is 90.3 Å². The van der Waals surface area contributed by atoms with E-state index in [4.69, 9.17) is 4.74 Å². The van der Waals surface area contributed by atoms with E-state index in [1.165, 1.54) is 10.6 Å². The molecule has 2 aliphatic rings. The van der Waals surface area contributed by atoms with Crippen LogP contribution in [0, 0.1) is 6.92 Å². The molecule has 0 unspecified atom stereocenters. The Morgan fingerprint density at radius 3 is 2.54 bits per heavy atom. The van der Waals surface area contributed by atoms with Crippen LogP contribution >= 0.6 is 0 Å². The van der Waals surface area contributed by atoms with Gasteiger partial charge in [-0.2, -0.15) is 0 Å². The molecule has 0 radical (unpaired) electrons. The van der Waals surface area contributed by atoms with E-state index in [0.29, 0.717) is 40.0 Å². The molecule has 2 N–H and O–H groups in total. The first kappa shape index (κ1) is 38.8. The van der Waals surface area contributed by atoms with Gasteiger partial charge in [0.2, 0.25) is 11.7 Å². The number of carboxylic acid groups (broad SMARTS) is 1. The predicted molar refractivity (Wildman–Crippen MR) is 222 cm³/mol. The number of hydrogen-bond acceptors (Lipinski definition) is 8. The highest BCUT2D eigenvalue weighted by atomic mass is 16.5. The molecule has 5 heterocycles. The van der Waals surface area contributed by atoms with E-state index in [2.05, 4.69) is 15.3 Å². The van der Waals surface area contributed by atoms with Gasteiger partial charge in [-0.15, -0.1) is 0 Å². The van der Waals surface area contributed by atoms with Crippen LogP contribution < -0.4 is 10.1 Å². The molecule has 8 rings (SSSR count). The molecule has 6 aromatic rings. The topological polar surface area (TPSA) is 170 Å². The lowest BCUT2D eigenvalue weighted by atomic mass is 10.0. The summed E-state index contributed by atoms with van der Waals surface area (Å²) in [5.41, 5.74) is 5.68. The molecule has 1 atom stereocenters. The van der Waals surface area contributed by atoms with Crippen molar-refractivity contribution in [2.75, 3.05) is 18.5 Å². The molecule has 2 amide bonds. The first-order valence-electron chi connectivity index (χ1n) is 19.6. The minimum Gasteiger partial charge on any atom is -0.493 e. The van der Waals surface area contributed by atoms with Gasteiger partial charge in [-0.25, -0.2) is 9.78 Å². The second-order valence-corrected chi connectivity index (χ2v) is 15.1. The summed E-state index contributed by atoms with van der Waals surface area (Å²) >= 11 is 0. The Hall–Kier alpha value is -7.09. The number of rotatable bonds is 12. The number of ether oxygens (including phenoxy) is 1. The number of hydrogen-bond donors (Lipinski definition) is 2. The number of aromatic carboxylic acids is 1. The third-order valence-electron chi connectivity index (χ3n) is 11.0. The van der Waals surface area contributed by atoms with E-state index < -0.39 is 5.97 Å². The largest absolute Gasteiger partial charge is 0.493 e. The smallest absolute Gasteiger partial charge is 0.335 e. The van der Waals surface area contributed by atoms with E-state index in [1.54, 1.807) is 66.0 Å². The van der Waals surface area contributed by atoms with Gasteiger partial charge in [0.15, 0.2) is 11.6 Å². The number of aryl methyl sites for hydroxylation is 3. The summed E-state index contributed by atoms with van der Waals surface area (Å²) in [5, 5.41) is 12.8. The molecule has 2 aliphatic heterocycles. The Balaban J connectivity index is 0.836. The fourth-order valence-electron chi connectivity index (χ4n) is 7.79. The minimum atomic E-state index is -1.03. The van der Waals surface area contributed by atoms with Crippen molar-refractivity contribution in [2.24, 2.45) is 19.1 Å². The zero-order valence-corrected chi connectivity index (χ0v) is 33.0.